The van der Waals surface area contributed by atoms with Crippen LogP contribution in [-0.4, -0.2) is 28.4 Å². The van der Waals surface area contributed by atoms with Gasteiger partial charge in [0.25, 0.3) is 5.22 Å². The Balaban J connectivity index is 1.68. The quantitative estimate of drug-likeness (QED) is 0.615. The van der Waals surface area contributed by atoms with Crippen molar-refractivity contribution in [2.75, 3.05) is 11.9 Å². The predicted octanol–water partition coefficient (Wildman–Crippen LogP) is 4.53. The number of benzene rings is 2. The summed E-state index contributed by atoms with van der Waals surface area (Å²) in [5.74, 6) is 0.359. The molecule has 1 atom stereocenters. The number of aromatic nitrogens is 2. The number of carbonyl (C=O) groups is 1. The Bertz CT molecular complexity index is 852. The van der Waals surface area contributed by atoms with Crippen LogP contribution in [-0.2, 0) is 4.79 Å². The van der Waals surface area contributed by atoms with Gasteiger partial charge in [-0.1, -0.05) is 41.6 Å². The molecule has 0 aliphatic carbocycles. The monoisotopic (exact) mass is 373 g/mol. The SMILES string of the molecule is CC(Sc1nnc(-c2ccc(Cl)cc2)o1)C(=O)N(C)c1ccccc1. The molecule has 0 fully saturated rings. The number of anilines is 1. The predicted molar refractivity (Wildman–Crippen MR) is 99.9 cm³/mol. The normalized spacial score (nSPS) is 12.0. The van der Waals surface area contributed by atoms with Crippen LogP contribution in [0, 0.1) is 0 Å². The fourth-order valence-electron chi connectivity index (χ4n) is 2.22. The lowest BCUT2D eigenvalue weighted by Crippen LogP contribution is -2.33. The van der Waals surface area contributed by atoms with Gasteiger partial charge in [-0.05, 0) is 43.3 Å². The van der Waals surface area contributed by atoms with Crippen molar-refractivity contribution in [2.45, 2.75) is 17.4 Å². The molecule has 0 spiro atoms. The Hall–Kier alpha value is -2.31. The van der Waals surface area contributed by atoms with Crippen molar-refractivity contribution in [1.29, 1.82) is 0 Å². The van der Waals surface area contributed by atoms with Crippen molar-refractivity contribution in [1.82, 2.24) is 10.2 Å². The summed E-state index contributed by atoms with van der Waals surface area (Å²) in [6, 6.07) is 16.6. The van der Waals surface area contributed by atoms with E-state index in [2.05, 4.69) is 10.2 Å². The molecule has 7 heteroatoms. The molecule has 1 aromatic heterocycles. The standard InChI is InChI=1S/C18H16ClN3O2S/c1-12(17(23)22(2)15-6-4-3-5-7-15)25-18-21-20-16(24-18)13-8-10-14(19)11-9-13/h3-12H,1-2H3. The second-order valence-electron chi connectivity index (χ2n) is 5.37. The second-order valence-corrected chi connectivity index (χ2v) is 7.10. The number of halogens is 1. The van der Waals surface area contributed by atoms with Gasteiger partial charge in [-0.25, -0.2) is 0 Å². The highest BCUT2D eigenvalue weighted by Crippen LogP contribution is 2.28. The minimum absolute atomic E-state index is 0.0394. The van der Waals surface area contributed by atoms with E-state index in [9.17, 15) is 4.79 Å². The minimum atomic E-state index is -0.358. The summed E-state index contributed by atoms with van der Waals surface area (Å²) in [6.07, 6.45) is 0. The van der Waals surface area contributed by atoms with Gasteiger partial charge in [0.1, 0.15) is 0 Å². The number of hydrogen-bond acceptors (Lipinski definition) is 5. The van der Waals surface area contributed by atoms with Crippen molar-refractivity contribution in [3.05, 3.63) is 59.6 Å². The van der Waals surface area contributed by atoms with Crippen LogP contribution in [0.4, 0.5) is 5.69 Å². The summed E-state index contributed by atoms with van der Waals surface area (Å²) in [6.45, 7) is 1.82. The molecule has 0 N–H and O–H groups in total. The fourth-order valence-corrected chi connectivity index (χ4v) is 3.12. The Morgan fingerprint density at radius 1 is 1.12 bits per heavy atom. The van der Waals surface area contributed by atoms with Crippen LogP contribution < -0.4 is 4.90 Å². The zero-order chi connectivity index (χ0) is 17.8. The number of amides is 1. The van der Waals surface area contributed by atoms with Crippen molar-refractivity contribution < 1.29 is 9.21 Å². The highest BCUT2D eigenvalue weighted by Gasteiger charge is 2.22. The average Bonchev–Trinajstić information content (AvgIpc) is 3.10. The van der Waals surface area contributed by atoms with Gasteiger partial charge < -0.3 is 9.32 Å². The molecule has 0 aliphatic heterocycles. The van der Waals surface area contributed by atoms with Crippen LogP contribution in [0.1, 0.15) is 6.92 Å². The van der Waals surface area contributed by atoms with Gasteiger partial charge in [0.2, 0.25) is 11.8 Å². The number of thioether (sulfide) groups is 1. The summed E-state index contributed by atoms with van der Waals surface area (Å²) in [5.41, 5.74) is 1.62. The molecule has 3 aromatic rings. The maximum Gasteiger partial charge on any atom is 0.277 e. The maximum atomic E-state index is 12.6. The van der Waals surface area contributed by atoms with Crippen LogP contribution in [0.2, 0.25) is 5.02 Å². The maximum absolute atomic E-state index is 12.6. The summed E-state index contributed by atoms with van der Waals surface area (Å²) < 4.78 is 5.64. The Kier molecular flexibility index (Phi) is 5.40. The molecule has 5 nitrogen and oxygen atoms in total. The molecule has 0 saturated carbocycles. The molecule has 128 valence electrons. The Labute approximate surface area is 155 Å². The molecule has 0 bridgehead atoms. The third kappa shape index (κ3) is 4.21. The zero-order valence-corrected chi connectivity index (χ0v) is 15.3. The molecule has 1 unspecified atom stereocenters. The highest BCUT2D eigenvalue weighted by atomic mass is 35.5. The summed E-state index contributed by atoms with van der Waals surface area (Å²) in [5, 5.41) is 8.67. The first-order chi connectivity index (χ1) is 12.0. The molecule has 0 saturated heterocycles. The number of hydrogen-bond donors (Lipinski definition) is 0. The molecule has 1 amide bonds. The summed E-state index contributed by atoms with van der Waals surface area (Å²) in [7, 11) is 1.75. The van der Waals surface area contributed by atoms with Gasteiger partial charge in [0, 0.05) is 23.3 Å². The second kappa shape index (κ2) is 7.72. The third-order valence-corrected chi connectivity index (χ3v) is 4.77. The van der Waals surface area contributed by atoms with Crippen LogP contribution >= 0.6 is 23.4 Å². The minimum Gasteiger partial charge on any atom is -0.411 e. The molecule has 3 rings (SSSR count). The number of carbonyl (C=O) groups excluding carboxylic acids is 1. The number of nitrogens with zero attached hydrogens (tertiary/aromatic N) is 3. The van der Waals surface area contributed by atoms with E-state index in [1.165, 1.54) is 11.8 Å². The first kappa shape index (κ1) is 17.5. The van der Waals surface area contributed by atoms with E-state index in [0.29, 0.717) is 16.1 Å². The first-order valence-electron chi connectivity index (χ1n) is 7.63. The number of para-hydroxylation sites is 1. The third-order valence-electron chi connectivity index (χ3n) is 3.60. The lowest BCUT2D eigenvalue weighted by atomic mass is 10.2. The summed E-state index contributed by atoms with van der Waals surface area (Å²) >= 11 is 7.11. The molecule has 1 heterocycles. The van der Waals surface area contributed by atoms with Gasteiger partial charge in [-0.2, -0.15) is 0 Å². The van der Waals surface area contributed by atoms with E-state index >= 15 is 0 Å². The van der Waals surface area contributed by atoms with Crippen molar-refractivity contribution in [3.63, 3.8) is 0 Å². The molecule has 0 radical (unpaired) electrons. The van der Waals surface area contributed by atoms with Gasteiger partial charge in [0.15, 0.2) is 0 Å². The Morgan fingerprint density at radius 2 is 1.80 bits per heavy atom. The molecule has 2 aromatic carbocycles. The average molecular weight is 374 g/mol. The number of rotatable bonds is 5. The van der Waals surface area contributed by atoms with Crippen LogP contribution in [0.15, 0.2) is 64.2 Å². The van der Waals surface area contributed by atoms with Gasteiger partial charge in [-0.3, -0.25) is 4.79 Å². The molecular weight excluding hydrogens is 358 g/mol. The molecular formula is C18H16ClN3O2S. The van der Waals surface area contributed by atoms with Gasteiger partial charge >= 0.3 is 0 Å². The highest BCUT2D eigenvalue weighted by molar-refractivity contribution is 8.00. The van der Waals surface area contributed by atoms with E-state index in [0.717, 1.165) is 11.3 Å². The van der Waals surface area contributed by atoms with E-state index in [4.69, 9.17) is 16.0 Å². The lowest BCUT2D eigenvalue weighted by molar-refractivity contribution is -0.117. The van der Waals surface area contributed by atoms with Crippen LogP contribution in [0.3, 0.4) is 0 Å². The van der Waals surface area contributed by atoms with Gasteiger partial charge in [-0.15, -0.1) is 10.2 Å². The Morgan fingerprint density at radius 3 is 2.48 bits per heavy atom. The van der Waals surface area contributed by atoms with E-state index in [-0.39, 0.29) is 11.2 Å². The van der Waals surface area contributed by atoms with Crippen molar-refractivity contribution in [3.8, 4) is 11.5 Å². The summed E-state index contributed by atoms with van der Waals surface area (Å²) in [4.78, 5) is 14.2. The van der Waals surface area contributed by atoms with Gasteiger partial charge in [0.05, 0.1) is 5.25 Å². The smallest absolute Gasteiger partial charge is 0.277 e. The molecule has 0 aliphatic rings. The van der Waals surface area contributed by atoms with E-state index in [1.807, 2.05) is 49.4 Å². The fraction of sp³-hybridized carbons (Fsp3) is 0.167. The van der Waals surface area contributed by atoms with E-state index in [1.54, 1.807) is 24.1 Å². The van der Waals surface area contributed by atoms with Crippen LogP contribution in [0.25, 0.3) is 11.5 Å². The lowest BCUT2D eigenvalue weighted by Gasteiger charge is -2.20. The topological polar surface area (TPSA) is 59.2 Å². The van der Waals surface area contributed by atoms with Crippen molar-refractivity contribution >= 4 is 35.0 Å². The largest absolute Gasteiger partial charge is 0.411 e. The van der Waals surface area contributed by atoms with E-state index < -0.39 is 0 Å². The first-order valence-corrected chi connectivity index (χ1v) is 8.89. The van der Waals surface area contributed by atoms with Crippen molar-refractivity contribution in [2.24, 2.45) is 0 Å². The van der Waals surface area contributed by atoms with Crippen LogP contribution in [0.5, 0.6) is 0 Å². The molecule has 25 heavy (non-hydrogen) atoms. The zero-order valence-electron chi connectivity index (χ0n) is 13.7.